The van der Waals surface area contributed by atoms with Crippen LogP contribution < -0.4 is 0 Å². The van der Waals surface area contributed by atoms with Crippen LogP contribution in [-0.4, -0.2) is 0 Å². The van der Waals surface area contributed by atoms with Crippen molar-refractivity contribution in [3.63, 3.8) is 0 Å². The van der Waals surface area contributed by atoms with Gasteiger partial charge in [0.25, 0.3) is 0 Å². The van der Waals surface area contributed by atoms with Crippen LogP contribution in [0.1, 0.15) is 39.2 Å². The first-order chi connectivity index (χ1) is 6.29. The minimum Gasteiger partial charge on any atom is -0.0672 e. The molecule has 1 aromatic carbocycles. The summed E-state index contributed by atoms with van der Waals surface area (Å²) in [5, 5.41) is 0. The van der Waals surface area contributed by atoms with Crippen molar-refractivity contribution in [2.45, 2.75) is 33.6 Å². The van der Waals surface area contributed by atoms with Crippen LogP contribution in [-0.2, 0) is 0 Å². The van der Waals surface area contributed by atoms with E-state index in [0.29, 0.717) is 0 Å². The summed E-state index contributed by atoms with van der Waals surface area (Å²) in [4.78, 5) is 0. The minimum atomic E-state index is 1.16. The average molecular weight is 174 g/mol. The van der Waals surface area contributed by atoms with E-state index in [9.17, 15) is 0 Å². The molecule has 0 N–H and O–H groups in total. The number of benzene rings is 1. The summed E-state index contributed by atoms with van der Waals surface area (Å²) in [6.07, 6.45) is 2.33. The Kier molecular flexibility index (Phi) is 3.75. The van der Waals surface area contributed by atoms with E-state index in [2.05, 4.69) is 51.1 Å². The van der Waals surface area contributed by atoms with Crippen LogP contribution in [0.15, 0.2) is 35.9 Å². The van der Waals surface area contributed by atoms with Gasteiger partial charge in [-0.3, -0.25) is 0 Å². The molecule has 0 fully saturated rings. The van der Waals surface area contributed by atoms with E-state index < -0.39 is 0 Å². The highest BCUT2D eigenvalue weighted by Gasteiger charge is 1.99. The zero-order valence-corrected chi connectivity index (χ0v) is 8.80. The molecule has 0 saturated carbocycles. The molecule has 0 heteroatoms. The van der Waals surface area contributed by atoms with E-state index in [4.69, 9.17) is 0 Å². The molecule has 1 rings (SSSR count). The van der Waals surface area contributed by atoms with Crippen LogP contribution >= 0.6 is 0 Å². The van der Waals surface area contributed by atoms with Gasteiger partial charge < -0.3 is 0 Å². The first-order valence-corrected chi connectivity index (χ1v) is 5.03. The van der Waals surface area contributed by atoms with Crippen molar-refractivity contribution in [3.05, 3.63) is 41.5 Å². The summed E-state index contributed by atoms with van der Waals surface area (Å²) >= 11 is 0. The standard InChI is InChI=1S/C13H18/c1-4-12(5-2)11(3)13-9-7-6-8-10-13/h6-10H,4-5H2,1-3H3. The van der Waals surface area contributed by atoms with Crippen LogP contribution in [0.3, 0.4) is 0 Å². The predicted molar refractivity (Wildman–Crippen MR) is 59.6 cm³/mol. The monoisotopic (exact) mass is 174 g/mol. The predicted octanol–water partition coefficient (Wildman–Crippen LogP) is 4.28. The Bertz CT molecular complexity index is 274. The Morgan fingerprint density at radius 3 is 2.00 bits per heavy atom. The first-order valence-electron chi connectivity index (χ1n) is 5.03. The summed E-state index contributed by atoms with van der Waals surface area (Å²) in [6.45, 7) is 6.67. The highest BCUT2D eigenvalue weighted by Crippen LogP contribution is 2.21. The van der Waals surface area contributed by atoms with Crippen molar-refractivity contribution >= 4 is 5.57 Å². The van der Waals surface area contributed by atoms with Crippen LogP contribution in [0.25, 0.3) is 5.57 Å². The third-order valence-electron chi connectivity index (χ3n) is 2.59. The third-order valence-corrected chi connectivity index (χ3v) is 2.59. The normalized spacial score (nSPS) is 9.77. The highest BCUT2D eigenvalue weighted by atomic mass is 14.0. The van der Waals surface area contributed by atoms with Gasteiger partial charge in [-0.05, 0) is 30.9 Å². The molecule has 0 aliphatic rings. The maximum Gasteiger partial charge on any atom is -0.0228 e. The third kappa shape index (κ3) is 2.45. The maximum atomic E-state index is 2.23. The van der Waals surface area contributed by atoms with E-state index in [1.807, 2.05) is 0 Å². The molecule has 0 nitrogen and oxygen atoms in total. The second kappa shape index (κ2) is 4.86. The Morgan fingerprint density at radius 1 is 1.00 bits per heavy atom. The fourth-order valence-electron chi connectivity index (χ4n) is 1.67. The van der Waals surface area contributed by atoms with Crippen molar-refractivity contribution in [1.29, 1.82) is 0 Å². The molecule has 1 aromatic rings. The molecule has 70 valence electrons. The van der Waals surface area contributed by atoms with Gasteiger partial charge in [-0.15, -0.1) is 0 Å². The summed E-state index contributed by atoms with van der Waals surface area (Å²) in [7, 11) is 0. The SMILES string of the molecule is CCC(CC)=C(C)c1ccccc1. The van der Waals surface area contributed by atoms with Crippen molar-refractivity contribution in [2.24, 2.45) is 0 Å². The Balaban J connectivity index is 3.01. The van der Waals surface area contributed by atoms with Gasteiger partial charge in [0.15, 0.2) is 0 Å². The minimum absolute atomic E-state index is 1.16. The molecule has 0 aliphatic carbocycles. The topological polar surface area (TPSA) is 0 Å². The molecule has 0 bridgehead atoms. The lowest BCUT2D eigenvalue weighted by Gasteiger charge is -2.08. The fraction of sp³-hybridized carbons (Fsp3) is 0.385. The molecule has 0 atom stereocenters. The first kappa shape index (κ1) is 10.0. The molecule has 0 unspecified atom stereocenters. The zero-order valence-electron chi connectivity index (χ0n) is 8.80. The largest absolute Gasteiger partial charge is 0.0672 e. The average Bonchev–Trinajstić information content (AvgIpc) is 2.21. The Hall–Kier alpha value is -1.04. The summed E-state index contributed by atoms with van der Waals surface area (Å²) in [5.41, 5.74) is 4.37. The van der Waals surface area contributed by atoms with Gasteiger partial charge >= 0.3 is 0 Å². The van der Waals surface area contributed by atoms with Gasteiger partial charge in [0.2, 0.25) is 0 Å². The van der Waals surface area contributed by atoms with Crippen LogP contribution in [0.4, 0.5) is 0 Å². The molecule has 0 spiro atoms. The molecule has 0 radical (unpaired) electrons. The summed E-state index contributed by atoms with van der Waals surface area (Å²) in [5.74, 6) is 0. The lowest BCUT2D eigenvalue weighted by molar-refractivity contribution is 0.979. The molecular weight excluding hydrogens is 156 g/mol. The Labute approximate surface area is 81.3 Å². The molecule has 0 aromatic heterocycles. The summed E-state index contributed by atoms with van der Waals surface area (Å²) < 4.78 is 0. The van der Waals surface area contributed by atoms with E-state index in [1.54, 1.807) is 5.57 Å². The van der Waals surface area contributed by atoms with E-state index in [-0.39, 0.29) is 0 Å². The lowest BCUT2D eigenvalue weighted by atomic mass is 9.98. The zero-order chi connectivity index (χ0) is 9.68. The van der Waals surface area contributed by atoms with E-state index in [1.165, 1.54) is 11.1 Å². The van der Waals surface area contributed by atoms with Crippen LogP contribution in [0, 0.1) is 0 Å². The number of hydrogen-bond donors (Lipinski definition) is 0. The molecule has 0 saturated heterocycles. The molecule has 13 heavy (non-hydrogen) atoms. The summed E-state index contributed by atoms with van der Waals surface area (Å²) in [6, 6.07) is 10.6. The van der Waals surface area contributed by atoms with Crippen LogP contribution in [0.2, 0.25) is 0 Å². The van der Waals surface area contributed by atoms with Crippen molar-refractivity contribution in [1.82, 2.24) is 0 Å². The van der Waals surface area contributed by atoms with Gasteiger partial charge in [0.1, 0.15) is 0 Å². The quantitative estimate of drug-likeness (QED) is 0.641. The van der Waals surface area contributed by atoms with Crippen LogP contribution in [0.5, 0.6) is 0 Å². The molecule has 0 heterocycles. The fourth-order valence-corrected chi connectivity index (χ4v) is 1.67. The smallest absolute Gasteiger partial charge is 0.0228 e. The van der Waals surface area contributed by atoms with Gasteiger partial charge in [-0.1, -0.05) is 49.8 Å². The van der Waals surface area contributed by atoms with Gasteiger partial charge in [0.05, 0.1) is 0 Å². The molecular formula is C13H18. The lowest BCUT2D eigenvalue weighted by Crippen LogP contribution is -1.86. The Morgan fingerprint density at radius 2 is 1.54 bits per heavy atom. The van der Waals surface area contributed by atoms with E-state index >= 15 is 0 Å². The van der Waals surface area contributed by atoms with Crippen molar-refractivity contribution < 1.29 is 0 Å². The maximum absolute atomic E-state index is 2.23. The van der Waals surface area contributed by atoms with Gasteiger partial charge in [-0.25, -0.2) is 0 Å². The highest BCUT2D eigenvalue weighted by molar-refractivity contribution is 5.66. The number of rotatable bonds is 3. The van der Waals surface area contributed by atoms with Crippen molar-refractivity contribution in [2.75, 3.05) is 0 Å². The second-order valence-electron chi connectivity index (χ2n) is 3.30. The van der Waals surface area contributed by atoms with Gasteiger partial charge in [-0.2, -0.15) is 0 Å². The number of allylic oxidation sites excluding steroid dienone is 2. The van der Waals surface area contributed by atoms with E-state index in [0.717, 1.165) is 12.8 Å². The van der Waals surface area contributed by atoms with Gasteiger partial charge in [0, 0.05) is 0 Å². The molecule has 0 amide bonds. The second-order valence-corrected chi connectivity index (χ2v) is 3.30. The molecule has 0 aliphatic heterocycles. The van der Waals surface area contributed by atoms with Crippen molar-refractivity contribution in [3.8, 4) is 0 Å². The number of hydrogen-bond acceptors (Lipinski definition) is 0.